The molecule has 1 saturated heterocycles. The molecule has 0 spiro atoms. The van der Waals surface area contributed by atoms with E-state index in [9.17, 15) is 9.59 Å². The molecule has 1 fully saturated rings. The molecule has 0 bridgehead atoms. The van der Waals surface area contributed by atoms with Crippen molar-refractivity contribution in [1.82, 2.24) is 9.80 Å². The second-order valence-corrected chi connectivity index (χ2v) is 6.75. The lowest BCUT2D eigenvalue weighted by atomic mass is 9.90. The molecule has 4 rings (SSSR count). The summed E-state index contributed by atoms with van der Waals surface area (Å²) in [4.78, 5) is 28.7. The van der Waals surface area contributed by atoms with Gasteiger partial charge >= 0.3 is 0 Å². The molecule has 0 N–H and O–H groups in total. The van der Waals surface area contributed by atoms with Crippen LogP contribution in [-0.2, 0) is 12.8 Å². The quantitative estimate of drug-likeness (QED) is 0.846. The number of rotatable bonds is 2. The van der Waals surface area contributed by atoms with E-state index in [0.29, 0.717) is 31.9 Å². The van der Waals surface area contributed by atoms with Crippen LogP contribution < -0.4 is 0 Å². The molecule has 0 saturated carbocycles. The van der Waals surface area contributed by atoms with E-state index in [1.54, 1.807) is 17.0 Å². The van der Waals surface area contributed by atoms with Crippen LogP contribution in [0.15, 0.2) is 41.0 Å². The highest BCUT2D eigenvalue weighted by molar-refractivity contribution is 5.95. The molecule has 2 aromatic rings. The second-order valence-electron chi connectivity index (χ2n) is 6.75. The Morgan fingerprint density at radius 3 is 2.20 bits per heavy atom. The van der Waals surface area contributed by atoms with Gasteiger partial charge in [-0.3, -0.25) is 9.59 Å². The normalized spacial score (nSPS) is 17.3. The van der Waals surface area contributed by atoms with Crippen LogP contribution in [-0.4, -0.2) is 47.8 Å². The van der Waals surface area contributed by atoms with Crippen LogP contribution in [0.5, 0.6) is 0 Å². The van der Waals surface area contributed by atoms with Gasteiger partial charge < -0.3 is 14.2 Å². The Bertz CT molecular complexity index is 774. The van der Waals surface area contributed by atoms with Crippen molar-refractivity contribution in [3.05, 3.63) is 59.0 Å². The molecule has 2 amide bonds. The van der Waals surface area contributed by atoms with Gasteiger partial charge in [-0.25, -0.2) is 0 Å². The highest BCUT2D eigenvalue weighted by Gasteiger charge is 2.27. The number of piperazine rings is 1. The smallest absolute Gasteiger partial charge is 0.289 e. The fraction of sp³-hybridized carbons (Fsp3) is 0.400. The number of hydrogen-bond acceptors (Lipinski definition) is 3. The maximum atomic E-state index is 12.8. The van der Waals surface area contributed by atoms with Crippen molar-refractivity contribution in [3.8, 4) is 0 Å². The fourth-order valence-electron chi connectivity index (χ4n) is 3.72. The average Bonchev–Trinajstić information content (AvgIpc) is 3.21. The predicted octanol–water partition coefficient (Wildman–Crippen LogP) is 2.76. The molecule has 1 aromatic heterocycles. The molecule has 5 nitrogen and oxygen atoms in total. The number of benzene rings is 1. The summed E-state index contributed by atoms with van der Waals surface area (Å²) in [5.74, 6) is 0.318. The number of hydrogen-bond donors (Lipinski definition) is 0. The van der Waals surface area contributed by atoms with E-state index in [1.165, 1.54) is 30.2 Å². The van der Waals surface area contributed by atoms with Crippen LogP contribution in [0.3, 0.4) is 0 Å². The summed E-state index contributed by atoms with van der Waals surface area (Å²) >= 11 is 0. The van der Waals surface area contributed by atoms with Crippen LogP contribution in [0.2, 0.25) is 0 Å². The third-order valence-electron chi connectivity index (χ3n) is 5.18. The molecule has 1 aromatic carbocycles. The molecule has 0 atom stereocenters. The first-order valence-electron chi connectivity index (χ1n) is 8.96. The van der Waals surface area contributed by atoms with Gasteiger partial charge in [-0.1, -0.05) is 6.07 Å². The van der Waals surface area contributed by atoms with Gasteiger partial charge in [0.25, 0.3) is 11.8 Å². The molecule has 130 valence electrons. The zero-order valence-corrected chi connectivity index (χ0v) is 14.2. The van der Waals surface area contributed by atoms with Crippen molar-refractivity contribution in [2.45, 2.75) is 25.7 Å². The minimum atomic E-state index is -0.106. The van der Waals surface area contributed by atoms with Gasteiger partial charge in [-0.15, -0.1) is 0 Å². The Hall–Kier alpha value is -2.56. The minimum absolute atomic E-state index is 0.0680. The molecular formula is C20H22N2O3. The number of furan rings is 1. The van der Waals surface area contributed by atoms with E-state index in [0.717, 1.165) is 18.4 Å². The van der Waals surface area contributed by atoms with Crippen molar-refractivity contribution in [1.29, 1.82) is 0 Å². The third kappa shape index (κ3) is 3.18. The maximum Gasteiger partial charge on any atom is 0.289 e. The minimum Gasteiger partial charge on any atom is -0.459 e. The van der Waals surface area contributed by atoms with Gasteiger partial charge in [0.2, 0.25) is 0 Å². The lowest BCUT2D eigenvalue weighted by Crippen LogP contribution is -2.50. The van der Waals surface area contributed by atoms with Gasteiger partial charge in [0.15, 0.2) is 5.76 Å². The Labute approximate surface area is 147 Å². The highest BCUT2D eigenvalue weighted by Crippen LogP contribution is 2.23. The summed E-state index contributed by atoms with van der Waals surface area (Å²) in [5.41, 5.74) is 3.48. The molecule has 0 unspecified atom stereocenters. The van der Waals surface area contributed by atoms with Crippen molar-refractivity contribution in [2.75, 3.05) is 26.2 Å². The molecule has 2 aliphatic rings. The standard InChI is InChI=1S/C20H22N2O3/c23-19(17-8-7-15-4-1-2-5-16(15)14-17)21-9-11-22(12-10-21)20(24)18-6-3-13-25-18/h3,6-8,13-14H,1-2,4-5,9-12H2. The van der Waals surface area contributed by atoms with Gasteiger partial charge in [0.05, 0.1) is 6.26 Å². The molecule has 2 heterocycles. The summed E-state index contributed by atoms with van der Waals surface area (Å²) in [7, 11) is 0. The second kappa shape index (κ2) is 6.75. The number of nitrogens with zero attached hydrogens (tertiary/aromatic N) is 2. The maximum absolute atomic E-state index is 12.8. The Kier molecular flexibility index (Phi) is 4.30. The number of carbonyl (C=O) groups excluding carboxylic acids is 2. The Morgan fingerprint density at radius 2 is 1.52 bits per heavy atom. The fourth-order valence-corrected chi connectivity index (χ4v) is 3.72. The summed E-state index contributed by atoms with van der Waals surface area (Å²) in [6.45, 7) is 2.19. The number of amides is 2. The zero-order valence-electron chi connectivity index (χ0n) is 14.2. The topological polar surface area (TPSA) is 53.8 Å². The van der Waals surface area contributed by atoms with E-state index in [4.69, 9.17) is 4.42 Å². The summed E-state index contributed by atoms with van der Waals surface area (Å²) < 4.78 is 5.17. The highest BCUT2D eigenvalue weighted by atomic mass is 16.3. The number of fused-ring (bicyclic) bond motifs is 1. The molecule has 25 heavy (non-hydrogen) atoms. The van der Waals surface area contributed by atoms with E-state index < -0.39 is 0 Å². The van der Waals surface area contributed by atoms with Gasteiger partial charge in [0, 0.05) is 31.7 Å². The molecular weight excluding hydrogens is 316 g/mol. The first-order chi connectivity index (χ1) is 12.2. The van der Waals surface area contributed by atoms with Crippen LogP contribution in [0.25, 0.3) is 0 Å². The lowest BCUT2D eigenvalue weighted by molar-refractivity contribution is 0.0518. The number of aryl methyl sites for hydroxylation is 2. The molecule has 1 aliphatic heterocycles. The van der Waals surface area contributed by atoms with Gasteiger partial charge in [-0.2, -0.15) is 0 Å². The van der Waals surface area contributed by atoms with Gasteiger partial charge in [0.1, 0.15) is 0 Å². The largest absolute Gasteiger partial charge is 0.459 e. The van der Waals surface area contributed by atoms with Gasteiger partial charge in [-0.05, 0) is 61.1 Å². The summed E-state index contributed by atoms with van der Waals surface area (Å²) in [5, 5.41) is 0. The van der Waals surface area contributed by atoms with E-state index in [2.05, 4.69) is 12.1 Å². The van der Waals surface area contributed by atoms with Crippen LogP contribution in [0, 0.1) is 0 Å². The average molecular weight is 338 g/mol. The first-order valence-corrected chi connectivity index (χ1v) is 8.96. The SMILES string of the molecule is O=C(c1ccc2c(c1)CCCC2)N1CCN(C(=O)c2ccco2)CC1. The zero-order chi connectivity index (χ0) is 17.2. The Morgan fingerprint density at radius 1 is 0.840 bits per heavy atom. The Balaban J connectivity index is 1.40. The van der Waals surface area contributed by atoms with Crippen molar-refractivity contribution in [2.24, 2.45) is 0 Å². The predicted molar refractivity (Wildman–Crippen MR) is 93.6 cm³/mol. The van der Waals surface area contributed by atoms with Crippen molar-refractivity contribution >= 4 is 11.8 Å². The van der Waals surface area contributed by atoms with E-state index in [1.807, 2.05) is 11.0 Å². The van der Waals surface area contributed by atoms with Crippen LogP contribution in [0.1, 0.15) is 44.9 Å². The molecule has 0 radical (unpaired) electrons. The van der Waals surface area contributed by atoms with Crippen LogP contribution >= 0.6 is 0 Å². The van der Waals surface area contributed by atoms with Crippen LogP contribution in [0.4, 0.5) is 0 Å². The monoisotopic (exact) mass is 338 g/mol. The van der Waals surface area contributed by atoms with E-state index >= 15 is 0 Å². The summed E-state index contributed by atoms with van der Waals surface area (Å²) in [6, 6.07) is 9.51. The molecule has 5 heteroatoms. The van der Waals surface area contributed by atoms with Crippen molar-refractivity contribution in [3.63, 3.8) is 0 Å². The third-order valence-corrected chi connectivity index (χ3v) is 5.18. The number of carbonyl (C=O) groups is 2. The summed E-state index contributed by atoms with van der Waals surface area (Å²) in [6.07, 6.45) is 6.15. The van der Waals surface area contributed by atoms with Crippen molar-refractivity contribution < 1.29 is 14.0 Å². The first kappa shape index (κ1) is 15.9. The van der Waals surface area contributed by atoms with E-state index in [-0.39, 0.29) is 11.8 Å². The lowest BCUT2D eigenvalue weighted by Gasteiger charge is -2.34. The molecule has 1 aliphatic carbocycles.